The predicted octanol–water partition coefficient (Wildman–Crippen LogP) is 0.965. The highest BCUT2D eigenvalue weighted by Crippen LogP contribution is 2.08. The first-order valence-corrected chi connectivity index (χ1v) is 9.35. The Morgan fingerprint density at radius 1 is 1.03 bits per heavy atom. The molecule has 0 aliphatic heterocycles. The number of amides is 2. The molecule has 0 heterocycles. The summed E-state index contributed by atoms with van der Waals surface area (Å²) in [6.45, 7) is 4.10. The molecule has 2 atom stereocenters. The summed E-state index contributed by atoms with van der Waals surface area (Å²) in [6.07, 6.45) is -1.56. The third-order valence-electron chi connectivity index (χ3n) is 3.66. The normalized spacial score (nSPS) is 12.9. The molecule has 0 saturated heterocycles. The van der Waals surface area contributed by atoms with E-state index < -0.39 is 54.7 Å². The number of rotatable bonds is 10. The molecule has 0 aliphatic carbocycles. The average molecular weight is 424 g/mol. The van der Waals surface area contributed by atoms with Crippen LogP contribution in [0.4, 0.5) is 4.79 Å². The number of nitrogens with one attached hydrogen (secondary N) is 2. The third-order valence-corrected chi connectivity index (χ3v) is 3.66. The minimum atomic E-state index is -1.38. The fourth-order valence-corrected chi connectivity index (χ4v) is 2.27. The van der Waals surface area contributed by atoms with Crippen molar-refractivity contribution in [2.45, 2.75) is 57.9 Å². The van der Waals surface area contributed by atoms with Crippen molar-refractivity contribution in [3.8, 4) is 0 Å². The molecule has 0 fully saturated rings. The van der Waals surface area contributed by atoms with Crippen LogP contribution in [0.3, 0.4) is 0 Å². The van der Waals surface area contributed by atoms with Crippen LogP contribution >= 0.6 is 0 Å². The smallest absolute Gasteiger partial charge is 0.408 e. The van der Waals surface area contributed by atoms with Crippen LogP contribution < -0.4 is 10.6 Å². The van der Waals surface area contributed by atoms with E-state index >= 15 is 0 Å². The second-order valence-electron chi connectivity index (χ2n) is 7.47. The molecule has 0 aromatic heterocycles. The lowest BCUT2D eigenvalue weighted by atomic mass is 10.1. The van der Waals surface area contributed by atoms with Gasteiger partial charge in [-0.15, -0.1) is 0 Å². The van der Waals surface area contributed by atoms with Gasteiger partial charge in [0.05, 0.1) is 6.61 Å². The van der Waals surface area contributed by atoms with E-state index in [9.17, 15) is 24.3 Å². The molecule has 1 rings (SSSR count). The summed E-state index contributed by atoms with van der Waals surface area (Å²) in [5.74, 6) is -2.89. The number of aliphatic carboxylic acids is 1. The Bertz CT molecular complexity index is 730. The van der Waals surface area contributed by atoms with Crippen LogP contribution in [0, 0.1) is 0 Å². The minimum absolute atomic E-state index is 0.0509. The molecule has 0 bridgehead atoms. The van der Waals surface area contributed by atoms with Crippen LogP contribution in [-0.4, -0.2) is 58.4 Å². The largest absolute Gasteiger partial charge is 0.481 e. The van der Waals surface area contributed by atoms with E-state index in [0.29, 0.717) is 0 Å². The highest BCUT2D eigenvalue weighted by atomic mass is 16.6. The van der Waals surface area contributed by atoms with E-state index in [4.69, 9.17) is 14.6 Å². The van der Waals surface area contributed by atoms with E-state index in [2.05, 4.69) is 10.6 Å². The zero-order chi connectivity index (χ0) is 22.7. The summed E-state index contributed by atoms with van der Waals surface area (Å²) in [6, 6.07) is 6.16. The number of carboxylic acids is 1. The lowest BCUT2D eigenvalue weighted by Crippen LogP contribution is -2.53. The maximum Gasteiger partial charge on any atom is 0.408 e. The van der Waals surface area contributed by atoms with Crippen LogP contribution in [0.5, 0.6) is 0 Å². The molecule has 10 heteroatoms. The van der Waals surface area contributed by atoms with E-state index in [0.717, 1.165) is 5.56 Å². The number of esters is 1. The maximum absolute atomic E-state index is 12.5. The van der Waals surface area contributed by atoms with Gasteiger partial charge in [0.2, 0.25) is 5.91 Å². The SMILES string of the molecule is CC(C)(C)OC(=O)N[C@@H](CCC(=O)O)C(=O)N[C@@H](CO)C(=O)OCc1ccccc1. The van der Waals surface area contributed by atoms with Crippen LogP contribution in [0.2, 0.25) is 0 Å². The van der Waals surface area contributed by atoms with Gasteiger partial charge in [0.25, 0.3) is 0 Å². The van der Waals surface area contributed by atoms with Crippen molar-refractivity contribution in [2.75, 3.05) is 6.61 Å². The molecule has 1 aromatic rings. The van der Waals surface area contributed by atoms with Crippen molar-refractivity contribution in [1.29, 1.82) is 0 Å². The lowest BCUT2D eigenvalue weighted by Gasteiger charge is -2.24. The summed E-state index contributed by atoms with van der Waals surface area (Å²) < 4.78 is 10.2. The number of aliphatic hydroxyl groups excluding tert-OH is 1. The molecule has 0 unspecified atom stereocenters. The van der Waals surface area contributed by atoms with Gasteiger partial charge in [-0.3, -0.25) is 9.59 Å². The topological polar surface area (TPSA) is 151 Å². The first-order chi connectivity index (χ1) is 14.0. The van der Waals surface area contributed by atoms with Gasteiger partial charge in [-0.2, -0.15) is 0 Å². The van der Waals surface area contributed by atoms with E-state index in [1.165, 1.54) is 0 Å². The Morgan fingerprint density at radius 2 is 1.67 bits per heavy atom. The molecule has 1 aromatic carbocycles. The van der Waals surface area contributed by atoms with Gasteiger partial charge in [-0.05, 0) is 32.8 Å². The molecule has 0 radical (unpaired) electrons. The first kappa shape index (κ1) is 24.9. The Hall–Kier alpha value is -3.14. The number of carboxylic acid groups (broad SMARTS) is 1. The minimum Gasteiger partial charge on any atom is -0.481 e. The van der Waals surface area contributed by atoms with Crippen molar-refractivity contribution >= 4 is 23.9 Å². The van der Waals surface area contributed by atoms with Gasteiger partial charge in [0.1, 0.15) is 18.2 Å². The summed E-state index contributed by atoms with van der Waals surface area (Å²) in [4.78, 5) is 47.5. The Balaban J connectivity index is 2.73. The first-order valence-electron chi connectivity index (χ1n) is 9.35. The summed E-state index contributed by atoms with van der Waals surface area (Å²) in [5.41, 5.74) is -0.105. The fraction of sp³-hybridized carbons (Fsp3) is 0.500. The number of benzene rings is 1. The quantitative estimate of drug-likeness (QED) is 0.406. The van der Waals surface area contributed by atoms with Crippen LogP contribution in [0.1, 0.15) is 39.2 Å². The predicted molar refractivity (Wildman–Crippen MR) is 105 cm³/mol. The fourth-order valence-electron chi connectivity index (χ4n) is 2.27. The van der Waals surface area contributed by atoms with Crippen molar-refractivity contribution in [3.63, 3.8) is 0 Å². The van der Waals surface area contributed by atoms with E-state index in [-0.39, 0.29) is 13.0 Å². The third kappa shape index (κ3) is 9.87. The lowest BCUT2D eigenvalue weighted by molar-refractivity contribution is -0.150. The molecular formula is C20H28N2O8. The standard InChI is InChI=1S/C20H28N2O8/c1-20(2,3)30-19(28)22-14(9-10-16(24)25)17(26)21-15(11-23)18(27)29-12-13-7-5-4-6-8-13/h4-8,14-15,23H,9-12H2,1-3H3,(H,21,26)(H,22,28)(H,24,25)/t14-,15-/m0/s1. The molecule has 30 heavy (non-hydrogen) atoms. The zero-order valence-corrected chi connectivity index (χ0v) is 17.2. The van der Waals surface area contributed by atoms with Crippen molar-refractivity contribution in [1.82, 2.24) is 10.6 Å². The number of aliphatic hydroxyl groups is 1. The summed E-state index contributed by atoms with van der Waals surface area (Å²) in [5, 5.41) is 22.9. The Kier molecular flexibility index (Phi) is 9.76. The van der Waals surface area contributed by atoms with Crippen molar-refractivity contribution in [2.24, 2.45) is 0 Å². The van der Waals surface area contributed by atoms with Gasteiger partial charge in [-0.1, -0.05) is 30.3 Å². The number of carbonyl (C=O) groups excluding carboxylic acids is 3. The van der Waals surface area contributed by atoms with Gasteiger partial charge in [-0.25, -0.2) is 9.59 Å². The second kappa shape index (κ2) is 11.8. The number of hydrogen-bond donors (Lipinski definition) is 4. The van der Waals surface area contributed by atoms with Gasteiger partial charge < -0.3 is 30.3 Å². The molecule has 0 spiro atoms. The van der Waals surface area contributed by atoms with E-state index in [1.807, 2.05) is 0 Å². The average Bonchev–Trinajstić information content (AvgIpc) is 2.66. The molecule has 166 valence electrons. The van der Waals surface area contributed by atoms with Crippen LogP contribution in [0.15, 0.2) is 30.3 Å². The van der Waals surface area contributed by atoms with Gasteiger partial charge in [0, 0.05) is 6.42 Å². The number of carbonyl (C=O) groups is 4. The summed E-state index contributed by atoms with van der Waals surface area (Å²) in [7, 11) is 0. The van der Waals surface area contributed by atoms with Crippen LogP contribution in [-0.2, 0) is 30.5 Å². The molecule has 0 aliphatic rings. The number of ether oxygens (including phenoxy) is 2. The second-order valence-corrected chi connectivity index (χ2v) is 7.47. The monoisotopic (exact) mass is 424 g/mol. The Morgan fingerprint density at radius 3 is 2.20 bits per heavy atom. The van der Waals surface area contributed by atoms with Gasteiger partial charge >= 0.3 is 18.0 Å². The van der Waals surface area contributed by atoms with Crippen LogP contribution in [0.25, 0.3) is 0 Å². The zero-order valence-electron chi connectivity index (χ0n) is 17.2. The highest BCUT2D eigenvalue weighted by molar-refractivity contribution is 5.90. The molecule has 10 nitrogen and oxygen atoms in total. The Labute approximate surface area is 174 Å². The maximum atomic E-state index is 12.5. The highest BCUT2D eigenvalue weighted by Gasteiger charge is 2.29. The number of alkyl carbamates (subject to hydrolysis) is 1. The van der Waals surface area contributed by atoms with Gasteiger partial charge in [0.15, 0.2) is 6.04 Å². The molecule has 4 N–H and O–H groups in total. The van der Waals surface area contributed by atoms with Crippen molar-refractivity contribution in [3.05, 3.63) is 35.9 Å². The summed E-state index contributed by atoms with van der Waals surface area (Å²) >= 11 is 0. The molecular weight excluding hydrogens is 396 g/mol. The van der Waals surface area contributed by atoms with Crippen molar-refractivity contribution < 1.29 is 38.9 Å². The molecule has 2 amide bonds. The molecule has 0 saturated carbocycles. The number of hydrogen-bond acceptors (Lipinski definition) is 7. The van der Waals surface area contributed by atoms with E-state index in [1.54, 1.807) is 51.1 Å².